The number of phenols is 1. The van der Waals surface area contributed by atoms with Crippen LogP contribution in [0.2, 0.25) is 10.0 Å². The van der Waals surface area contributed by atoms with Gasteiger partial charge in [-0.1, -0.05) is 23.2 Å². The first-order valence-corrected chi connectivity index (χ1v) is 7.86. The zero-order valence-electron chi connectivity index (χ0n) is 13.2. The minimum atomic E-state index is -0.0947. The number of phenolic OH excluding ortho intramolecular Hbond substituents is 1. The van der Waals surface area contributed by atoms with E-state index >= 15 is 0 Å². The zero-order valence-corrected chi connectivity index (χ0v) is 14.7. The summed E-state index contributed by atoms with van der Waals surface area (Å²) in [5.41, 5.74) is 1.18. The highest BCUT2D eigenvalue weighted by Crippen LogP contribution is 2.30. The molecule has 0 spiro atoms. The second-order valence-corrected chi connectivity index (χ2v) is 5.50. The topological polar surface area (TPSA) is 63.4 Å². The molecule has 0 atom stereocenters. The smallest absolute Gasteiger partial charge is 0.161 e. The number of rotatable bonds is 6. The third-order valence-corrected chi connectivity index (χ3v) is 3.52. The van der Waals surface area contributed by atoms with Gasteiger partial charge in [-0.2, -0.15) is 10.2 Å². The fourth-order valence-electron chi connectivity index (χ4n) is 1.92. The minimum absolute atomic E-state index is 0.0947. The zero-order chi connectivity index (χ0) is 17.5. The van der Waals surface area contributed by atoms with Gasteiger partial charge in [0.15, 0.2) is 11.5 Å². The molecular weight excluding hydrogens is 351 g/mol. The standard InChI is InChI=1S/C17H16Cl2N2O3/c1-3-24-15-5-4-11(6-16(15)23-2)9-20-21-10-12-7-13(18)8-14(19)17(12)22/h4-10,22H,3H2,1-2H3/b20-9+,21-10+. The Labute approximate surface area is 150 Å². The molecule has 2 rings (SSSR count). The van der Waals surface area contributed by atoms with Crippen LogP contribution >= 0.6 is 23.2 Å². The molecule has 0 aliphatic carbocycles. The number of aromatic hydroxyl groups is 1. The van der Waals surface area contributed by atoms with Crippen LogP contribution in [0.3, 0.4) is 0 Å². The maximum atomic E-state index is 9.82. The van der Waals surface area contributed by atoms with Crippen LogP contribution < -0.4 is 9.47 Å². The largest absolute Gasteiger partial charge is 0.506 e. The van der Waals surface area contributed by atoms with Gasteiger partial charge in [-0.15, -0.1) is 0 Å². The Kier molecular flexibility index (Phi) is 6.46. The molecule has 0 amide bonds. The number of nitrogens with zero attached hydrogens (tertiary/aromatic N) is 2. The summed E-state index contributed by atoms with van der Waals surface area (Å²) in [4.78, 5) is 0. The number of hydrogen-bond acceptors (Lipinski definition) is 5. The van der Waals surface area contributed by atoms with E-state index in [-0.39, 0.29) is 10.8 Å². The van der Waals surface area contributed by atoms with Crippen LogP contribution in [0.25, 0.3) is 0 Å². The molecule has 2 aromatic carbocycles. The van der Waals surface area contributed by atoms with Gasteiger partial charge in [0.05, 0.1) is 31.2 Å². The van der Waals surface area contributed by atoms with Gasteiger partial charge >= 0.3 is 0 Å². The van der Waals surface area contributed by atoms with Crippen LogP contribution in [0.4, 0.5) is 0 Å². The lowest BCUT2D eigenvalue weighted by Crippen LogP contribution is -1.96. The predicted octanol–water partition coefficient (Wildman–Crippen LogP) is 4.56. The van der Waals surface area contributed by atoms with E-state index in [0.717, 1.165) is 5.56 Å². The van der Waals surface area contributed by atoms with Crippen molar-refractivity contribution in [3.63, 3.8) is 0 Å². The van der Waals surface area contributed by atoms with E-state index in [4.69, 9.17) is 32.7 Å². The highest BCUT2D eigenvalue weighted by molar-refractivity contribution is 6.36. The lowest BCUT2D eigenvalue weighted by Gasteiger charge is -2.09. The molecule has 0 aromatic heterocycles. The van der Waals surface area contributed by atoms with Gasteiger partial charge in [0.2, 0.25) is 0 Å². The number of hydrogen-bond donors (Lipinski definition) is 1. The number of ether oxygens (including phenoxy) is 2. The van der Waals surface area contributed by atoms with Crippen molar-refractivity contribution in [1.82, 2.24) is 0 Å². The molecular formula is C17H16Cl2N2O3. The second-order valence-electron chi connectivity index (χ2n) is 4.66. The molecule has 1 N–H and O–H groups in total. The summed E-state index contributed by atoms with van der Waals surface area (Å²) in [5, 5.41) is 18.2. The van der Waals surface area contributed by atoms with Gasteiger partial charge < -0.3 is 14.6 Å². The Morgan fingerprint density at radius 3 is 2.54 bits per heavy atom. The maximum Gasteiger partial charge on any atom is 0.161 e. The van der Waals surface area contributed by atoms with E-state index in [0.29, 0.717) is 28.7 Å². The van der Waals surface area contributed by atoms with E-state index in [2.05, 4.69) is 10.2 Å². The van der Waals surface area contributed by atoms with E-state index in [1.807, 2.05) is 13.0 Å². The molecule has 5 nitrogen and oxygen atoms in total. The van der Waals surface area contributed by atoms with Gasteiger partial charge in [-0.05, 0) is 42.8 Å². The van der Waals surface area contributed by atoms with Gasteiger partial charge in [-0.25, -0.2) is 0 Å². The van der Waals surface area contributed by atoms with Crippen molar-refractivity contribution < 1.29 is 14.6 Å². The summed E-state index contributed by atoms with van der Waals surface area (Å²) < 4.78 is 10.7. The van der Waals surface area contributed by atoms with Crippen LogP contribution in [-0.4, -0.2) is 31.3 Å². The fourth-order valence-corrected chi connectivity index (χ4v) is 2.43. The second kappa shape index (κ2) is 8.57. The van der Waals surface area contributed by atoms with Crippen molar-refractivity contribution in [3.05, 3.63) is 51.5 Å². The van der Waals surface area contributed by atoms with E-state index in [9.17, 15) is 5.11 Å². The summed E-state index contributed by atoms with van der Waals surface area (Å²) in [6.45, 7) is 2.46. The normalized spacial score (nSPS) is 11.3. The first-order chi connectivity index (χ1) is 11.5. The van der Waals surface area contributed by atoms with Crippen LogP contribution in [0, 0.1) is 0 Å². The van der Waals surface area contributed by atoms with Gasteiger partial charge in [0, 0.05) is 10.6 Å². The molecule has 2 aromatic rings. The molecule has 0 bridgehead atoms. The molecule has 126 valence electrons. The molecule has 7 heteroatoms. The highest BCUT2D eigenvalue weighted by Gasteiger charge is 2.06. The SMILES string of the molecule is CCOc1ccc(/C=N/N=C/c2cc(Cl)cc(Cl)c2O)cc1OC. The Morgan fingerprint density at radius 2 is 1.83 bits per heavy atom. The molecule has 0 aliphatic heterocycles. The Bertz CT molecular complexity index is 777. The molecule has 0 radical (unpaired) electrons. The van der Waals surface area contributed by atoms with E-state index in [1.165, 1.54) is 12.3 Å². The quantitative estimate of drug-likeness (QED) is 0.601. The number of halogens is 2. The van der Waals surface area contributed by atoms with Crippen LogP contribution in [-0.2, 0) is 0 Å². The summed E-state index contributed by atoms with van der Waals surface area (Å²) in [5.74, 6) is 1.19. The molecule has 0 unspecified atom stereocenters. The van der Waals surface area contributed by atoms with E-state index in [1.54, 1.807) is 31.5 Å². The Hall–Kier alpha value is -2.24. The number of methoxy groups -OCH3 is 1. The lowest BCUT2D eigenvalue weighted by molar-refractivity contribution is 0.311. The maximum absolute atomic E-state index is 9.82. The number of benzene rings is 2. The fraction of sp³-hybridized carbons (Fsp3) is 0.176. The predicted molar refractivity (Wildman–Crippen MR) is 97.5 cm³/mol. The monoisotopic (exact) mass is 366 g/mol. The van der Waals surface area contributed by atoms with Crippen molar-refractivity contribution in [2.45, 2.75) is 6.92 Å². The summed E-state index contributed by atoms with van der Waals surface area (Å²) in [7, 11) is 1.57. The van der Waals surface area contributed by atoms with E-state index < -0.39 is 0 Å². The lowest BCUT2D eigenvalue weighted by atomic mass is 10.2. The first-order valence-electron chi connectivity index (χ1n) is 7.10. The third-order valence-electron chi connectivity index (χ3n) is 3.02. The van der Waals surface area contributed by atoms with Gasteiger partial charge in [-0.3, -0.25) is 0 Å². The van der Waals surface area contributed by atoms with Crippen LogP contribution in [0.15, 0.2) is 40.5 Å². The van der Waals surface area contributed by atoms with Crippen LogP contribution in [0.1, 0.15) is 18.1 Å². The average molecular weight is 367 g/mol. The summed E-state index contributed by atoms with van der Waals surface area (Å²) >= 11 is 11.7. The molecule has 24 heavy (non-hydrogen) atoms. The third kappa shape index (κ3) is 4.63. The molecule has 0 saturated carbocycles. The average Bonchev–Trinajstić information content (AvgIpc) is 2.57. The van der Waals surface area contributed by atoms with Crippen molar-refractivity contribution >= 4 is 35.6 Å². The van der Waals surface area contributed by atoms with Crippen molar-refractivity contribution in [2.24, 2.45) is 10.2 Å². The molecule has 0 heterocycles. The Morgan fingerprint density at radius 1 is 1.08 bits per heavy atom. The Balaban J connectivity index is 2.14. The molecule has 0 saturated heterocycles. The minimum Gasteiger partial charge on any atom is -0.506 e. The van der Waals surface area contributed by atoms with Crippen molar-refractivity contribution in [1.29, 1.82) is 0 Å². The van der Waals surface area contributed by atoms with Crippen molar-refractivity contribution in [2.75, 3.05) is 13.7 Å². The van der Waals surface area contributed by atoms with Gasteiger partial charge in [0.1, 0.15) is 5.75 Å². The van der Waals surface area contributed by atoms with Gasteiger partial charge in [0.25, 0.3) is 0 Å². The highest BCUT2D eigenvalue weighted by atomic mass is 35.5. The van der Waals surface area contributed by atoms with Crippen molar-refractivity contribution in [3.8, 4) is 17.2 Å². The summed E-state index contributed by atoms with van der Waals surface area (Å²) in [6, 6.07) is 8.42. The van der Waals surface area contributed by atoms with Crippen LogP contribution in [0.5, 0.6) is 17.2 Å². The molecule has 0 aliphatic rings. The first kappa shape index (κ1) is 18.1. The molecule has 0 fully saturated rings. The summed E-state index contributed by atoms with van der Waals surface area (Å²) in [6.07, 6.45) is 2.92.